The van der Waals surface area contributed by atoms with Crippen LogP contribution in [0, 0.1) is 28.1 Å². The van der Waals surface area contributed by atoms with Gasteiger partial charge in [0, 0.05) is 29.4 Å². The van der Waals surface area contributed by atoms with Crippen molar-refractivity contribution < 1.29 is 0 Å². The average molecular weight is 519 g/mol. The molecule has 0 aliphatic rings. The minimum absolute atomic E-state index is 0.00440. The van der Waals surface area contributed by atoms with Crippen LogP contribution in [0.4, 0.5) is 0 Å². The molecule has 0 radical (unpaired) electrons. The van der Waals surface area contributed by atoms with Gasteiger partial charge >= 0.3 is 0 Å². The van der Waals surface area contributed by atoms with Crippen LogP contribution in [-0.4, -0.2) is 11.0 Å². The molecule has 4 nitrogen and oxygen atoms in total. The van der Waals surface area contributed by atoms with Gasteiger partial charge in [-0.15, -0.1) is 0 Å². The largest absolute Gasteiger partial charge is 0.305 e. The number of pyridine rings is 1. The zero-order valence-electron chi connectivity index (χ0n) is 21.9. The molecule has 0 aliphatic heterocycles. The van der Waals surface area contributed by atoms with Crippen LogP contribution in [0.25, 0.3) is 11.1 Å². The van der Waals surface area contributed by atoms with Gasteiger partial charge in [-0.2, -0.15) is 10.5 Å². The maximum atomic E-state index is 10.1. The molecule has 3 aromatic carbocycles. The second-order valence-corrected chi connectivity index (χ2v) is 10.7. The molecule has 1 aromatic heterocycles. The number of hydrogen-bond acceptors (Lipinski definition) is 4. The Kier molecular flexibility index (Phi) is 8.59. The molecule has 38 heavy (non-hydrogen) atoms. The molecule has 0 saturated heterocycles. The maximum Gasteiger partial charge on any atom is 0.0991 e. The number of nitrogens with one attached hydrogen (secondary N) is 1. The summed E-state index contributed by atoms with van der Waals surface area (Å²) in [5.74, 6) is 0.0659. The highest BCUT2D eigenvalue weighted by Gasteiger charge is 2.34. The topological polar surface area (TPSA) is 72.5 Å². The van der Waals surface area contributed by atoms with Gasteiger partial charge in [-0.05, 0) is 85.3 Å². The summed E-state index contributed by atoms with van der Waals surface area (Å²) in [5, 5.41) is 24.1. The number of halogens is 1. The van der Waals surface area contributed by atoms with Gasteiger partial charge in [0.2, 0.25) is 0 Å². The van der Waals surface area contributed by atoms with Gasteiger partial charge in [0.05, 0.1) is 29.2 Å². The molecule has 1 N–H and O–H groups in total. The van der Waals surface area contributed by atoms with Crippen LogP contribution in [-0.2, 0) is 6.42 Å². The third-order valence-corrected chi connectivity index (χ3v) is 7.35. The number of hydrogen-bond donors (Lipinski definition) is 1. The van der Waals surface area contributed by atoms with Crippen LogP contribution in [0.1, 0.15) is 55.0 Å². The van der Waals surface area contributed by atoms with Crippen LogP contribution < -0.4 is 5.32 Å². The molecule has 0 spiro atoms. The molecule has 0 saturated carbocycles. The summed E-state index contributed by atoms with van der Waals surface area (Å²) in [6.07, 6.45) is 4.38. The summed E-state index contributed by atoms with van der Waals surface area (Å²) in [6, 6.07) is 32.6. The SMILES string of the molecule is C[C@H](NC(c1ccc(-c2cccnc2)cc1)C(C)(C)C#N)[C@@H](Cc1ccc(Cl)cc1)c1cccc(C#N)c1. The second-order valence-electron chi connectivity index (χ2n) is 10.3. The van der Waals surface area contributed by atoms with Gasteiger partial charge < -0.3 is 5.32 Å². The van der Waals surface area contributed by atoms with E-state index in [1.54, 1.807) is 6.20 Å². The van der Waals surface area contributed by atoms with Gasteiger partial charge in [-0.1, -0.05) is 66.2 Å². The Bertz CT molecular complexity index is 1430. The molecule has 0 fully saturated rings. The third kappa shape index (κ3) is 6.48. The zero-order valence-corrected chi connectivity index (χ0v) is 22.7. The van der Waals surface area contributed by atoms with Crippen molar-refractivity contribution in [3.8, 4) is 23.3 Å². The smallest absolute Gasteiger partial charge is 0.0991 e. The zero-order chi connectivity index (χ0) is 27.1. The second kappa shape index (κ2) is 12.1. The highest BCUT2D eigenvalue weighted by molar-refractivity contribution is 6.30. The number of aromatic nitrogens is 1. The van der Waals surface area contributed by atoms with E-state index in [4.69, 9.17) is 11.6 Å². The summed E-state index contributed by atoms with van der Waals surface area (Å²) in [7, 11) is 0. The van der Waals surface area contributed by atoms with Crippen molar-refractivity contribution in [2.75, 3.05) is 0 Å². The van der Waals surface area contributed by atoms with E-state index in [0.29, 0.717) is 10.6 Å². The minimum Gasteiger partial charge on any atom is -0.305 e. The molecule has 0 aliphatic carbocycles. The van der Waals surface area contributed by atoms with Crippen LogP contribution >= 0.6 is 11.6 Å². The Labute approximate surface area is 230 Å². The van der Waals surface area contributed by atoms with Crippen molar-refractivity contribution >= 4 is 11.6 Å². The Morgan fingerprint density at radius 3 is 2.26 bits per heavy atom. The average Bonchev–Trinajstić information content (AvgIpc) is 2.96. The van der Waals surface area contributed by atoms with Crippen molar-refractivity contribution in [2.24, 2.45) is 5.41 Å². The predicted molar refractivity (Wildman–Crippen MR) is 153 cm³/mol. The van der Waals surface area contributed by atoms with Crippen LogP contribution in [0.2, 0.25) is 5.02 Å². The Hall–Kier alpha value is -3.96. The van der Waals surface area contributed by atoms with Gasteiger partial charge in [-0.25, -0.2) is 0 Å². The summed E-state index contributed by atoms with van der Waals surface area (Å²) in [6.45, 7) is 6.10. The van der Waals surface area contributed by atoms with Crippen LogP contribution in [0.5, 0.6) is 0 Å². The third-order valence-electron chi connectivity index (χ3n) is 7.09. The molecule has 0 bridgehead atoms. The maximum absolute atomic E-state index is 10.1. The molecule has 4 aromatic rings. The van der Waals surface area contributed by atoms with E-state index in [0.717, 1.165) is 34.2 Å². The van der Waals surface area contributed by atoms with E-state index < -0.39 is 5.41 Å². The van der Waals surface area contributed by atoms with E-state index in [9.17, 15) is 10.5 Å². The van der Waals surface area contributed by atoms with Crippen molar-refractivity contribution in [3.05, 3.63) is 125 Å². The molecule has 1 heterocycles. The fraction of sp³-hybridized carbons (Fsp3) is 0.242. The quantitative estimate of drug-likeness (QED) is 0.244. The summed E-state index contributed by atoms with van der Waals surface area (Å²) >= 11 is 6.14. The summed E-state index contributed by atoms with van der Waals surface area (Å²) in [4.78, 5) is 4.23. The number of nitriles is 2. The van der Waals surface area contributed by atoms with Gasteiger partial charge in [0.25, 0.3) is 0 Å². The lowest BCUT2D eigenvalue weighted by atomic mass is 9.79. The summed E-state index contributed by atoms with van der Waals surface area (Å²) < 4.78 is 0. The number of benzene rings is 3. The van der Waals surface area contributed by atoms with Gasteiger partial charge in [-0.3, -0.25) is 4.98 Å². The van der Waals surface area contributed by atoms with Gasteiger partial charge in [0.15, 0.2) is 0 Å². The molecular formula is C33H31ClN4. The first-order valence-electron chi connectivity index (χ1n) is 12.7. The molecule has 0 amide bonds. The molecule has 3 atom stereocenters. The first-order chi connectivity index (χ1) is 18.3. The predicted octanol–water partition coefficient (Wildman–Crippen LogP) is 7.87. The number of nitrogens with zero attached hydrogens (tertiary/aromatic N) is 3. The fourth-order valence-corrected chi connectivity index (χ4v) is 4.99. The minimum atomic E-state index is -0.663. The molecule has 190 valence electrons. The Balaban J connectivity index is 1.67. The van der Waals surface area contributed by atoms with E-state index >= 15 is 0 Å². The number of rotatable bonds is 9. The first-order valence-corrected chi connectivity index (χ1v) is 13.1. The van der Waals surface area contributed by atoms with Crippen molar-refractivity contribution in [1.82, 2.24) is 10.3 Å². The normalized spacial score (nSPS) is 13.6. The highest BCUT2D eigenvalue weighted by atomic mass is 35.5. The van der Waals surface area contributed by atoms with Gasteiger partial charge in [0.1, 0.15) is 0 Å². The van der Waals surface area contributed by atoms with Crippen molar-refractivity contribution in [1.29, 1.82) is 10.5 Å². The van der Waals surface area contributed by atoms with Crippen molar-refractivity contribution in [3.63, 3.8) is 0 Å². The first kappa shape index (κ1) is 27.1. The molecule has 5 heteroatoms. The molecule has 1 unspecified atom stereocenters. The lowest BCUT2D eigenvalue weighted by Gasteiger charge is -2.36. The molecule has 4 rings (SSSR count). The van der Waals surface area contributed by atoms with E-state index in [1.807, 2.05) is 74.6 Å². The monoisotopic (exact) mass is 518 g/mol. The van der Waals surface area contributed by atoms with Crippen molar-refractivity contribution in [2.45, 2.75) is 45.2 Å². The molecular weight excluding hydrogens is 488 g/mol. The van der Waals surface area contributed by atoms with E-state index in [-0.39, 0.29) is 18.0 Å². The van der Waals surface area contributed by atoms with E-state index in [1.165, 1.54) is 0 Å². The standard InChI is InChI=1S/C33H31ClN4/c1-23(31(19-24-9-15-30(34)16-10-24)28-7-4-6-25(18-28)20-35)38-32(33(2,3)22-36)27-13-11-26(12-14-27)29-8-5-17-37-21-29/h4-18,21,23,31-32,38H,19H2,1-3H3/t23-,31+,32?/m0/s1. The fourth-order valence-electron chi connectivity index (χ4n) is 4.86. The highest BCUT2D eigenvalue weighted by Crippen LogP contribution is 2.36. The lowest BCUT2D eigenvalue weighted by Crippen LogP contribution is -2.42. The van der Waals surface area contributed by atoms with Crippen LogP contribution in [0.3, 0.4) is 0 Å². The Morgan fingerprint density at radius 2 is 1.63 bits per heavy atom. The lowest BCUT2D eigenvalue weighted by molar-refractivity contribution is 0.281. The van der Waals surface area contributed by atoms with Crippen LogP contribution in [0.15, 0.2) is 97.3 Å². The van der Waals surface area contributed by atoms with E-state index in [2.05, 4.69) is 59.7 Å². The summed E-state index contributed by atoms with van der Waals surface area (Å²) in [5.41, 5.74) is 5.40. The Morgan fingerprint density at radius 1 is 0.895 bits per heavy atom.